The summed E-state index contributed by atoms with van der Waals surface area (Å²) in [5.41, 5.74) is 1.52. The van der Waals surface area contributed by atoms with Gasteiger partial charge < -0.3 is 19.8 Å². The van der Waals surface area contributed by atoms with E-state index in [0.717, 1.165) is 18.6 Å². The number of nitrogens with one attached hydrogen (secondary N) is 2. The van der Waals surface area contributed by atoms with Crippen LogP contribution < -0.4 is 10.6 Å². The standard InChI is InChI=1S/C18H24N4O3/c1-11(2)16-14(8-9-24-16)10-19-18(23)20-15-6-4-13(5-7-15)17-22-21-12(3)25-17/h4-7,11,14,16H,8-10H2,1-3H3,(H2,19,20,23)/t14-,16+/m1/s1. The monoisotopic (exact) mass is 344 g/mol. The Morgan fingerprint density at radius 2 is 2.04 bits per heavy atom. The summed E-state index contributed by atoms with van der Waals surface area (Å²) in [6.45, 7) is 7.43. The van der Waals surface area contributed by atoms with Gasteiger partial charge in [-0.25, -0.2) is 4.79 Å². The van der Waals surface area contributed by atoms with E-state index in [1.165, 1.54) is 0 Å². The first-order chi connectivity index (χ1) is 12.0. The number of aromatic nitrogens is 2. The maximum atomic E-state index is 12.1. The molecular weight excluding hydrogens is 320 g/mol. The van der Waals surface area contributed by atoms with Crippen LogP contribution in [0.5, 0.6) is 0 Å². The number of benzene rings is 1. The molecule has 0 unspecified atom stereocenters. The van der Waals surface area contributed by atoms with Crippen LogP contribution >= 0.6 is 0 Å². The van der Waals surface area contributed by atoms with Crippen molar-refractivity contribution < 1.29 is 13.9 Å². The van der Waals surface area contributed by atoms with E-state index in [4.69, 9.17) is 9.15 Å². The van der Waals surface area contributed by atoms with Gasteiger partial charge in [0, 0.05) is 37.2 Å². The quantitative estimate of drug-likeness (QED) is 0.869. The van der Waals surface area contributed by atoms with Gasteiger partial charge in [0.25, 0.3) is 0 Å². The number of rotatable bonds is 5. The van der Waals surface area contributed by atoms with Crippen LogP contribution in [0.3, 0.4) is 0 Å². The molecule has 2 heterocycles. The molecule has 2 N–H and O–H groups in total. The molecule has 1 saturated heterocycles. The van der Waals surface area contributed by atoms with Crippen molar-refractivity contribution in [3.05, 3.63) is 30.2 Å². The molecule has 134 valence electrons. The summed E-state index contributed by atoms with van der Waals surface area (Å²) in [5, 5.41) is 13.6. The number of hydrogen-bond acceptors (Lipinski definition) is 5. The molecule has 1 aliphatic heterocycles. The zero-order valence-electron chi connectivity index (χ0n) is 14.8. The van der Waals surface area contributed by atoms with E-state index in [1.54, 1.807) is 6.92 Å². The van der Waals surface area contributed by atoms with Crippen molar-refractivity contribution in [1.82, 2.24) is 15.5 Å². The predicted molar refractivity (Wildman–Crippen MR) is 94.2 cm³/mol. The number of amides is 2. The fourth-order valence-corrected chi connectivity index (χ4v) is 3.12. The van der Waals surface area contributed by atoms with Gasteiger partial charge in [-0.15, -0.1) is 10.2 Å². The van der Waals surface area contributed by atoms with Crippen molar-refractivity contribution in [1.29, 1.82) is 0 Å². The summed E-state index contributed by atoms with van der Waals surface area (Å²) in [7, 11) is 0. The van der Waals surface area contributed by atoms with Crippen LogP contribution in [0.15, 0.2) is 28.7 Å². The number of hydrogen-bond donors (Lipinski definition) is 2. The second-order valence-corrected chi connectivity index (χ2v) is 6.67. The van der Waals surface area contributed by atoms with Gasteiger partial charge in [-0.2, -0.15) is 0 Å². The van der Waals surface area contributed by atoms with E-state index in [2.05, 4.69) is 34.7 Å². The number of ether oxygens (including phenoxy) is 1. The van der Waals surface area contributed by atoms with Crippen LogP contribution in [-0.2, 0) is 4.74 Å². The molecule has 2 aromatic rings. The summed E-state index contributed by atoms with van der Waals surface area (Å²) < 4.78 is 11.1. The minimum absolute atomic E-state index is 0.212. The number of carbonyl (C=O) groups is 1. The normalized spacial score (nSPS) is 20.0. The SMILES string of the molecule is Cc1nnc(-c2ccc(NC(=O)NC[C@H]3CCO[C@H]3C(C)C)cc2)o1. The van der Waals surface area contributed by atoms with E-state index in [-0.39, 0.29) is 12.1 Å². The number of nitrogens with zero attached hydrogens (tertiary/aromatic N) is 2. The molecule has 0 bridgehead atoms. The summed E-state index contributed by atoms with van der Waals surface area (Å²) >= 11 is 0. The average Bonchev–Trinajstić information content (AvgIpc) is 3.22. The molecule has 25 heavy (non-hydrogen) atoms. The highest BCUT2D eigenvalue weighted by atomic mass is 16.5. The van der Waals surface area contributed by atoms with E-state index in [9.17, 15) is 4.79 Å². The van der Waals surface area contributed by atoms with Crippen molar-refractivity contribution in [3.63, 3.8) is 0 Å². The summed E-state index contributed by atoms with van der Waals surface area (Å²) in [6, 6.07) is 7.08. The largest absolute Gasteiger partial charge is 0.421 e. The first kappa shape index (κ1) is 17.4. The van der Waals surface area contributed by atoms with Gasteiger partial charge in [-0.1, -0.05) is 13.8 Å². The Bertz CT molecular complexity index is 711. The smallest absolute Gasteiger partial charge is 0.319 e. The van der Waals surface area contributed by atoms with Crippen molar-refractivity contribution >= 4 is 11.7 Å². The Labute approximate surface area is 147 Å². The van der Waals surface area contributed by atoms with E-state index in [1.807, 2.05) is 24.3 Å². The third-order valence-electron chi connectivity index (χ3n) is 4.36. The summed E-state index contributed by atoms with van der Waals surface area (Å²) in [6.07, 6.45) is 1.21. The molecule has 3 rings (SSSR count). The van der Waals surface area contributed by atoms with Crippen molar-refractivity contribution in [2.24, 2.45) is 11.8 Å². The zero-order valence-corrected chi connectivity index (χ0v) is 14.8. The highest BCUT2D eigenvalue weighted by Crippen LogP contribution is 2.26. The molecule has 1 aliphatic rings. The molecule has 1 fully saturated rings. The summed E-state index contributed by atoms with van der Waals surface area (Å²) in [4.78, 5) is 12.1. The molecule has 7 nitrogen and oxygen atoms in total. The zero-order chi connectivity index (χ0) is 17.8. The van der Waals surface area contributed by atoms with Gasteiger partial charge in [0.05, 0.1) is 6.10 Å². The van der Waals surface area contributed by atoms with Gasteiger partial charge >= 0.3 is 6.03 Å². The Hall–Kier alpha value is -2.41. The average molecular weight is 344 g/mol. The van der Waals surface area contributed by atoms with Gasteiger partial charge in [0.15, 0.2) is 0 Å². The van der Waals surface area contributed by atoms with Crippen molar-refractivity contribution in [2.45, 2.75) is 33.3 Å². The van der Waals surface area contributed by atoms with E-state index >= 15 is 0 Å². The Morgan fingerprint density at radius 3 is 2.68 bits per heavy atom. The maximum Gasteiger partial charge on any atom is 0.319 e. The fraction of sp³-hybridized carbons (Fsp3) is 0.500. The van der Waals surface area contributed by atoms with Crippen LogP contribution in [-0.4, -0.2) is 35.5 Å². The number of urea groups is 1. The molecule has 0 aliphatic carbocycles. The van der Waals surface area contributed by atoms with Gasteiger partial charge in [0.2, 0.25) is 11.8 Å². The lowest BCUT2D eigenvalue weighted by Gasteiger charge is -2.22. The first-order valence-electron chi connectivity index (χ1n) is 8.60. The second kappa shape index (κ2) is 7.65. The molecule has 0 saturated carbocycles. The number of carbonyl (C=O) groups excluding carboxylic acids is 1. The number of aryl methyl sites for hydroxylation is 1. The highest BCUT2D eigenvalue weighted by molar-refractivity contribution is 5.89. The van der Waals surface area contributed by atoms with Crippen LogP contribution in [0.2, 0.25) is 0 Å². The van der Waals surface area contributed by atoms with Gasteiger partial charge in [-0.05, 0) is 36.6 Å². The minimum Gasteiger partial charge on any atom is -0.421 e. The lowest BCUT2D eigenvalue weighted by atomic mass is 9.93. The number of anilines is 1. The minimum atomic E-state index is -0.212. The van der Waals surface area contributed by atoms with Crippen LogP contribution in [0.1, 0.15) is 26.2 Å². The molecular formula is C18H24N4O3. The molecule has 7 heteroatoms. The maximum absolute atomic E-state index is 12.1. The van der Waals surface area contributed by atoms with Gasteiger partial charge in [0.1, 0.15) is 0 Å². The third kappa shape index (κ3) is 4.36. The first-order valence-corrected chi connectivity index (χ1v) is 8.60. The molecule has 0 spiro atoms. The van der Waals surface area contributed by atoms with Crippen LogP contribution in [0.25, 0.3) is 11.5 Å². The molecule has 1 aromatic carbocycles. The van der Waals surface area contributed by atoms with Crippen molar-refractivity contribution in [2.75, 3.05) is 18.5 Å². The van der Waals surface area contributed by atoms with Gasteiger partial charge in [-0.3, -0.25) is 0 Å². The highest BCUT2D eigenvalue weighted by Gasteiger charge is 2.30. The van der Waals surface area contributed by atoms with Crippen LogP contribution in [0.4, 0.5) is 10.5 Å². The Kier molecular flexibility index (Phi) is 5.33. The lowest BCUT2D eigenvalue weighted by molar-refractivity contribution is 0.0546. The topological polar surface area (TPSA) is 89.3 Å². The van der Waals surface area contributed by atoms with Crippen molar-refractivity contribution in [3.8, 4) is 11.5 Å². The lowest BCUT2D eigenvalue weighted by Crippen LogP contribution is -2.37. The van der Waals surface area contributed by atoms with E-state index in [0.29, 0.717) is 35.8 Å². The molecule has 2 amide bonds. The molecule has 1 aromatic heterocycles. The fourth-order valence-electron chi connectivity index (χ4n) is 3.12. The predicted octanol–water partition coefficient (Wildman–Crippen LogP) is 3.23. The Balaban J connectivity index is 1.51. The van der Waals surface area contributed by atoms with Crippen LogP contribution in [0, 0.1) is 18.8 Å². The molecule has 2 atom stereocenters. The second-order valence-electron chi connectivity index (χ2n) is 6.67. The third-order valence-corrected chi connectivity index (χ3v) is 4.36. The van der Waals surface area contributed by atoms with E-state index < -0.39 is 0 Å². The molecule has 0 radical (unpaired) electrons. The Morgan fingerprint density at radius 1 is 1.28 bits per heavy atom. The summed E-state index contributed by atoms with van der Waals surface area (Å²) in [5.74, 6) is 1.81.